The zero-order valence-corrected chi connectivity index (χ0v) is 10.1. The average Bonchev–Trinajstić information content (AvgIpc) is 2.91. The number of hydrogen-bond acceptors (Lipinski definition) is 3. The van der Waals surface area contributed by atoms with Crippen molar-refractivity contribution in [2.75, 3.05) is 24.6 Å². The van der Waals surface area contributed by atoms with E-state index in [2.05, 4.69) is 30.5 Å². The summed E-state index contributed by atoms with van der Waals surface area (Å²) in [5.41, 5.74) is 6.43. The molecule has 2 atom stereocenters. The Morgan fingerprint density at radius 2 is 2.21 bits per heavy atom. The van der Waals surface area contributed by atoms with Gasteiger partial charge in [0, 0.05) is 36.2 Å². The first kappa shape index (κ1) is 10.8. The van der Waals surface area contributed by atoms with E-state index in [9.17, 15) is 0 Å². The van der Waals surface area contributed by atoms with E-state index < -0.39 is 0 Å². The molecular weight excluding hydrogens is 192 g/mol. The van der Waals surface area contributed by atoms with Crippen LogP contribution >= 0.6 is 11.8 Å². The van der Waals surface area contributed by atoms with Gasteiger partial charge in [0.05, 0.1) is 0 Å². The molecule has 0 radical (unpaired) electrons. The van der Waals surface area contributed by atoms with Crippen molar-refractivity contribution in [2.24, 2.45) is 11.7 Å². The third-order valence-corrected chi connectivity index (χ3v) is 4.75. The van der Waals surface area contributed by atoms with Crippen molar-refractivity contribution in [1.29, 1.82) is 0 Å². The zero-order chi connectivity index (χ0) is 10.2. The van der Waals surface area contributed by atoms with E-state index >= 15 is 0 Å². The number of nitrogens with two attached hydrogens (primary N) is 1. The van der Waals surface area contributed by atoms with Crippen LogP contribution < -0.4 is 5.73 Å². The Morgan fingerprint density at radius 1 is 1.50 bits per heavy atom. The Hall–Kier alpha value is 0.270. The Bertz CT molecular complexity index is 201. The van der Waals surface area contributed by atoms with E-state index in [0.717, 1.165) is 18.5 Å². The van der Waals surface area contributed by atoms with Crippen molar-refractivity contribution in [3.05, 3.63) is 0 Å². The van der Waals surface area contributed by atoms with Gasteiger partial charge in [-0.05, 0) is 32.6 Å². The van der Waals surface area contributed by atoms with Crippen molar-refractivity contribution in [3.8, 4) is 0 Å². The summed E-state index contributed by atoms with van der Waals surface area (Å²) in [5.74, 6) is 3.36. The van der Waals surface area contributed by atoms with E-state index in [1.54, 1.807) is 0 Å². The second-order valence-corrected chi connectivity index (χ2v) is 6.32. The molecule has 2 aliphatic rings. The van der Waals surface area contributed by atoms with E-state index in [1.165, 1.54) is 30.9 Å². The van der Waals surface area contributed by atoms with E-state index in [4.69, 9.17) is 5.73 Å². The molecule has 0 bridgehead atoms. The van der Waals surface area contributed by atoms with Crippen molar-refractivity contribution in [3.63, 3.8) is 0 Å². The summed E-state index contributed by atoms with van der Waals surface area (Å²) >= 11 is 2.07. The monoisotopic (exact) mass is 214 g/mol. The molecule has 2 N–H and O–H groups in total. The Labute approximate surface area is 91.6 Å². The van der Waals surface area contributed by atoms with Crippen LogP contribution in [-0.4, -0.2) is 41.1 Å². The number of hydrogen-bond donors (Lipinski definition) is 1. The molecule has 1 saturated heterocycles. The van der Waals surface area contributed by atoms with Gasteiger partial charge in [-0.25, -0.2) is 0 Å². The van der Waals surface area contributed by atoms with Gasteiger partial charge in [-0.3, -0.25) is 4.90 Å². The predicted octanol–water partition coefficient (Wildman–Crippen LogP) is 1.55. The van der Waals surface area contributed by atoms with Crippen LogP contribution in [0.25, 0.3) is 0 Å². The van der Waals surface area contributed by atoms with Crippen LogP contribution in [0.3, 0.4) is 0 Å². The highest BCUT2D eigenvalue weighted by Crippen LogP contribution is 2.38. The van der Waals surface area contributed by atoms with Gasteiger partial charge in [-0.2, -0.15) is 11.8 Å². The van der Waals surface area contributed by atoms with Gasteiger partial charge in [0.2, 0.25) is 0 Å². The highest BCUT2D eigenvalue weighted by atomic mass is 32.2. The number of nitrogens with zero attached hydrogens (tertiary/aromatic N) is 1. The van der Waals surface area contributed by atoms with Crippen LogP contribution in [0.15, 0.2) is 0 Å². The summed E-state index contributed by atoms with van der Waals surface area (Å²) in [7, 11) is 0. The van der Waals surface area contributed by atoms with Crippen molar-refractivity contribution < 1.29 is 0 Å². The lowest BCUT2D eigenvalue weighted by Gasteiger charge is -2.39. The molecular formula is C11H22N2S. The van der Waals surface area contributed by atoms with Crippen LogP contribution in [0.2, 0.25) is 0 Å². The fraction of sp³-hybridized carbons (Fsp3) is 1.00. The molecule has 0 spiro atoms. The molecule has 0 aromatic heterocycles. The lowest BCUT2D eigenvalue weighted by atomic mass is 9.96. The molecule has 82 valence electrons. The first-order valence-corrected chi connectivity index (χ1v) is 6.86. The summed E-state index contributed by atoms with van der Waals surface area (Å²) in [5, 5.41) is 0. The fourth-order valence-corrected chi connectivity index (χ4v) is 3.39. The van der Waals surface area contributed by atoms with Gasteiger partial charge in [0.1, 0.15) is 0 Å². The summed E-state index contributed by atoms with van der Waals surface area (Å²) in [6.07, 6.45) is 2.70. The average molecular weight is 214 g/mol. The largest absolute Gasteiger partial charge is 0.324 e. The van der Waals surface area contributed by atoms with Crippen molar-refractivity contribution >= 4 is 11.8 Å². The van der Waals surface area contributed by atoms with Crippen molar-refractivity contribution in [2.45, 2.75) is 38.3 Å². The normalized spacial score (nSPS) is 34.1. The molecule has 14 heavy (non-hydrogen) atoms. The minimum absolute atomic E-state index is 0.0657. The second-order valence-electron chi connectivity index (χ2n) is 5.17. The minimum Gasteiger partial charge on any atom is -0.324 e. The third-order valence-electron chi connectivity index (χ3n) is 3.56. The molecule has 1 saturated carbocycles. The lowest BCUT2D eigenvalue weighted by Crippen LogP contribution is -2.54. The Kier molecular flexibility index (Phi) is 3.10. The summed E-state index contributed by atoms with van der Waals surface area (Å²) < 4.78 is 0. The zero-order valence-electron chi connectivity index (χ0n) is 9.33. The first-order chi connectivity index (χ1) is 6.59. The van der Waals surface area contributed by atoms with Crippen LogP contribution in [0.4, 0.5) is 0 Å². The van der Waals surface area contributed by atoms with Gasteiger partial charge in [-0.15, -0.1) is 0 Å². The molecule has 1 aliphatic carbocycles. The smallest absolute Gasteiger partial charge is 0.0283 e. The quantitative estimate of drug-likeness (QED) is 0.773. The number of thioether (sulfide) groups is 1. The molecule has 2 fully saturated rings. The third kappa shape index (κ3) is 2.44. The molecule has 0 amide bonds. The van der Waals surface area contributed by atoms with Crippen LogP contribution in [0, 0.1) is 5.92 Å². The molecule has 3 heteroatoms. The topological polar surface area (TPSA) is 29.3 Å². The SMILES string of the molecule is CC1CSCCN1CC(C)(N)C1CC1. The summed E-state index contributed by atoms with van der Waals surface area (Å²) in [6.45, 7) is 6.89. The Balaban J connectivity index is 1.88. The van der Waals surface area contributed by atoms with Gasteiger partial charge in [0.15, 0.2) is 0 Å². The maximum absolute atomic E-state index is 6.37. The fourth-order valence-electron chi connectivity index (χ4n) is 2.31. The van der Waals surface area contributed by atoms with E-state index in [0.29, 0.717) is 0 Å². The van der Waals surface area contributed by atoms with Crippen LogP contribution in [0.5, 0.6) is 0 Å². The van der Waals surface area contributed by atoms with Crippen LogP contribution in [0.1, 0.15) is 26.7 Å². The van der Waals surface area contributed by atoms with E-state index in [1.807, 2.05) is 0 Å². The molecule has 0 aromatic rings. The number of rotatable bonds is 3. The molecule has 2 nitrogen and oxygen atoms in total. The summed E-state index contributed by atoms with van der Waals surface area (Å²) in [6, 6.07) is 0.718. The highest BCUT2D eigenvalue weighted by molar-refractivity contribution is 7.99. The van der Waals surface area contributed by atoms with Gasteiger partial charge < -0.3 is 5.73 Å². The van der Waals surface area contributed by atoms with E-state index in [-0.39, 0.29) is 5.54 Å². The maximum Gasteiger partial charge on any atom is 0.0283 e. The molecule has 1 aliphatic heterocycles. The predicted molar refractivity (Wildman–Crippen MR) is 63.7 cm³/mol. The Morgan fingerprint density at radius 3 is 2.79 bits per heavy atom. The van der Waals surface area contributed by atoms with Gasteiger partial charge in [-0.1, -0.05) is 0 Å². The van der Waals surface area contributed by atoms with Crippen LogP contribution in [-0.2, 0) is 0 Å². The van der Waals surface area contributed by atoms with Gasteiger partial charge >= 0.3 is 0 Å². The van der Waals surface area contributed by atoms with Crippen molar-refractivity contribution in [1.82, 2.24) is 4.90 Å². The standard InChI is InChI=1S/C11H22N2S/c1-9-7-14-6-5-13(9)8-11(2,12)10-3-4-10/h9-10H,3-8,12H2,1-2H3. The molecule has 1 heterocycles. The molecule has 2 unspecified atom stereocenters. The maximum atomic E-state index is 6.37. The van der Waals surface area contributed by atoms with Gasteiger partial charge in [0.25, 0.3) is 0 Å². The molecule has 2 rings (SSSR count). The first-order valence-electron chi connectivity index (χ1n) is 5.70. The second kappa shape index (κ2) is 4.03. The minimum atomic E-state index is 0.0657. The lowest BCUT2D eigenvalue weighted by molar-refractivity contribution is 0.173. The highest BCUT2D eigenvalue weighted by Gasteiger charge is 2.40. The summed E-state index contributed by atoms with van der Waals surface area (Å²) in [4.78, 5) is 2.58. The molecule has 0 aromatic carbocycles.